The van der Waals surface area contributed by atoms with Crippen molar-refractivity contribution >= 4 is 28.5 Å². The Hall–Kier alpha value is -0.690. The molecular formula is C16H21FINO2. The zero-order valence-electron chi connectivity index (χ0n) is 12.0. The molecular weight excluding hydrogens is 384 g/mol. The predicted molar refractivity (Wildman–Crippen MR) is 88.9 cm³/mol. The molecule has 1 fully saturated rings. The number of hydrogen-bond acceptors (Lipinski definition) is 2. The Morgan fingerprint density at radius 3 is 2.71 bits per heavy atom. The van der Waals surface area contributed by atoms with Gasteiger partial charge < -0.3 is 10.1 Å². The van der Waals surface area contributed by atoms with Gasteiger partial charge in [-0.25, -0.2) is 4.39 Å². The van der Waals surface area contributed by atoms with Crippen molar-refractivity contribution in [2.24, 2.45) is 0 Å². The van der Waals surface area contributed by atoms with Gasteiger partial charge in [0.15, 0.2) is 0 Å². The van der Waals surface area contributed by atoms with Gasteiger partial charge in [-0.1, -0.05) is 25.7 Å². The number of carbonyl (C=O) groups is 1. The summed E-state index contributed by atoms with van der Waals surface area (Å²) in [4.78, 5) is 12.0. The van der Waals surface area contributed by atoms with Crippen molar-refractivity contribution in [1.29, 1.82) is 0 Å². The number of nitrogens with one attached hydrogen (secondary N) is 1. The summed E-state index contributed by atoms with van der Waals surface area (Å²) in [7, 11) is 0. The molecule has 1 aromatic carbocycles. The lowest BCUT2D eigenvalue weighted by Crippen LogP contribution is -2.29. The molecule has 0 radical (unpaired) electrons. The van der Waals surface area contributed by atoms with E-state index in [0.717, 1.165) is 16.4 Å². The maximum atomic E-state index is 13.2. The van der Waals surface area contributed by atoms with Crippen LogP contribution in [0.15, 0.2) is 18.2 Å². The molecule has 5 heteroatoms. The average molecular weight is 405 g/mol. The van der Waals surface area contributed by atoms with Gasteiger partial charge in [0, 0.05) is 10.1 Å². The van der Waals surface area contributed by atoms with E-state index in [9.17, 15) is 9.18 Å². The largest absolute Gasteiger partial charge is 0.376 e. The van der Waals surface area contributed by atoms with Gasteiger partial charge in [0.25, 0.3) is 5.91 Å². The Morgan fingerprint density at radius 2 is 2.00 bits per heavy atom. The molecule has 116 valence electrons. The van der Waals surface area contributed by atoms with Gasteiger partial charge >= 0.3 is 0 Å². The number of hydrogen-bond donors (Lipinski definition) is 1. The number of benzene rings is 1. The average Bonchev–Trinajstić information content (AvgIpc) is 2.74. The van der Waals surface area contributed by atoms with Crippen molar-refractivity contribution in [3.05, 3.63) is 33.1 Å². The lowest BCUT2D eigenvalue weighted by molar-refractivity contribution is 0.0441. The second kappa shape index (κ2) is 8.68. The smallest absolute Gasteiger partial charge is 0.252 e. The number of ether oxygens (including phenoxy) is 1. The Balaban J connectivity index is 1.72. The fourth-order valence-electron chi connectivity index (χ4n) is 2.57. The van der Waals surface area contributed by atoms with Crippen LogP contribution in [0.5, 0.6) is 0 Å². The first-order valence-electron chi connectivity index (χ1n) is 7.51. The van der Waals surface area contributed by atoms with Crippen LogP contribution in [0.4, 0.5) is 4.39 Å². The first-order valence-corrected chi connectivity index (χ1v) is 8.59. The minimum absolute atomic E-state index is 0.247. The number of rotatable bonds is 5. The van der Waals surface area contributed by atoms with E-state index in [4.69, 9.17) is 4.74 Å². The molecule has 1 amide bonds. The Bertz CT molecular complexity index is 473. The Morgan fingerprint density at radius 1 is 1.29 bits per heavy atom. The summed E-state index contributed by atoms with van der Waals surface area (Å²) >= 11 is 2.03. The zero-order chi connectivity index (χ0) is 15.1. The lowest BCUT2D eigenvalue weighted by Gasteiger charge is -2.15. The first kappa shape index (κ1) is 16.7. The number of carbonyl (C=O) groups excluding carboxylic acids is 1. The molecule has 1 N–H and O–H groups in total. The van der Waals surface area contributed by atoms with Crippen molar-refractivity contribution in [3.63, 3.8) is 0 Å². The normalized spacial score (nSPS) is 16.5. The summed E-state index contributed by atoms with van der Waals surface area (Å²) in [6.07, 6.45) is 7.64. The maximum Gasteiger partial charge on any atom is 0.252 e. The fourth-order valence-corrected chi connectivity index (χ4v) is 3.15. The number of amides is 1. The molecule has 0 heterocycles. The quantitative estimate of drug-likeness (QED) is 0.459. The molecule has 1 saturated carbocycles. The monoisotopic (exact) mass is 405 g/mol. The third-order valence-electron chi connectivity index (χ3n) is 3.72. The first-order chi connectivity index (χ1) is 10.2. The van der Waals surface area contributed by atoms with E-state index >= 15 is 0 Å². The molecule has 1 aromatic rings. The SMILES string of the molecule is O=C(NCCOC1CCCCCC1)c1cc(F)ccc1I. The summed E-state index contributed by atoms with van der Waals surface area (Å²) in [5, 5.41) is 2.79. The molecule has 3 nitrogen and oxygen atoms in total. The molecule has 1 aliphatic rings. The van der Waals surface area contributed by atoms with Crippen molar-refractivity contribution in [3.8, 4) is 0 Å². The molecule has 21 heavy (non-hydrogen) atoms. The Kier molecular flexibility index (Phi) is 6.89. The molecule has 0 unspecified atom stereocenters. The van der Waals surface area contributed by atoms with Crippen molar-refractivity contribution in [2.45, 2.75) is 44.6 Å². The maximum absolute atomic E-state index is 13.2. The lowest BCUT2D eigenvalue weighted by atomic mass is 10.1. The van der Waals surface area contributed by atoms with Gasteiger partial charge in [-0.2, -0.15) is 0 Å². The summed E-state index contributed by atoms with van der Waals surface area (Å²) in [5.41, 5.74) is 0.380. The molecule has 0 atom stereocenters. The standard InChI is InChI=1S/C16H21FINO2/c17-12-7-8-15(18)14(11-12)16(20)19-9-10-21-13-5-3-1-2-4-6-13/h7-8,11,13H,1-6,9-10H2,(H,19,20). The highest BCUT2D eigenvalue weighted by atomic mass is 127. The second-order valence-electron chi connectivity index (χ2n) is 5.36. The van der Waals surface area contributed by atoms with Crippen molar-refractivity contribution in [1.82, 2.24) is 5.32 Å². The predicted octanol–water partition coefficient (Wildman–Crippen LogP) is 3.90. The van der Waals surface area contributed by atoms with Crippen LogP contribution in [0.25, 0.3) is 0 Å². The van der Waals surface area contributed by atoms with Gasteiger partial charge in [-0.05, 0) is 53.6 Å². The van der Waals surface area contributed by atoms with Gasteiger partial charge in [0.2, 0.25) is 0 Å². The fraction of sp³-hybridized carbons (Fsp3) is 0.562. The van der Waals surface area contributed by atoms with Crippen LogP contribution < -0.4 is 5.32 Å². The van der Waals surface area contributed by atoms with Crippen LogP contribution in [-0.2, 0) is 4.74 Å². The van der Waals surface area contributed by atoms with Crippen LogP contribution in [-0.4, -0.2) is 25.2 Å². The molecule has 0 aromatic heterocycles. The van der Waals surface area contributed by atoms with Gasteiger partial charge in [0.05, 0.1) is 18.3 Å². The van der Waals surface area contributed by atoms with Crippen LogP contribution in [0.1, 0.15) is 48.9 Å². The summed E-state index contributed by atoms with van der Waals surface area (Å²) in [6, 6.07) is 4.23. The van der Waals surface area contributed by atoms with E-state index in [1.165, 1.54) is 37.8 Å². The third kappa shape index (κ3) is 5.54. The second-order valence-corrected chi connectivity index (χ2v) is 6.53. The van der Waals surface area contributed by atoms with Gasteiger partial charge in [-0.3, -0.25) is 4.79 Å². The van der Waals surface area contributed by atoms with E-state index in [-0.39, 0.29) is 5.91 Å². The van der Waals surface area contributed by atoms with Gasteiger partial charge in [-0.15, -0.1) is 0 Å². The summed E-state index contributed by atoms with van der Waals surface area (Å²) in [5.74, 6) is -0.640. The van der Waals surface area contributed by atoms with Crippen LogP contribution >= 0.6 is 22.6 Å². The third-order valence-corrected chi connectivity index (χ3v) is 4.66. The Labute approximate surface area is 138 Å². The van der Waals surface area contributed by atoms with Gasteiger partial charge in [0.1, 0.15) is 5.82 Å². The highest BCUT2D eigenvalue weighted by Gasteiger charge is 2.13. The van der Waals surface area contributed by atoms with Crippen LogP contribution in [0.2, 0.25) is 0 Å². The van der Waals surface area contributed by atoms with E-state index < -0.39 is 5.82 Å². The highest BCUT2D eigenvalue weighted by molar-refractivity contribution is 14.1. The van der Waals surface area contributed by atoms with E-state index in [2.05, 4.69) is 5.32 Å². The minimum Gasteiger partial charge on any atom is -0.376 e. The van der Waals surface area contributed by atoms with Crippen molar-refractivity contribution < 1.29 is 13.9 Å². The molecule has 0 saturated heterocycles. The molecule has 0 spiro atoms. The van der Waals surface area contributed by atoms with Crippen molar-refractivity contribution in [2.75, 3.05) is 13.2 Å². The summed E-state index contributed by atoms with van der Waals surface area (Å²) < 4.78 is 19.7. The molecule has 0 bridgehead atoms. The molecule has 2 rings (SSSR count). The van der Waals surface area contributed by atoms with E-state index in [1.807, 2.05) is 22.6 Å². The summed E-state index contributed by atoms with van der Waals surface area (Å²) in [6.45, 7) is 0.976. The molecule has 0 aliphatic heterocycles. The van der Waals surface area contributed by atoms with Crippen LogP contribution in [0, 0.1) is 9.39 Å². The zero-order valence-corrected chi connectivity index (χ0v) is 14.2. The molecule has 1 aliphatic carbocycles. The van der Waals surface area contributed by atoms with E-state index in [1.54, 1.807) is 6.07 Å². The minimum atomic E-state index is -0.393. The topological polar surface area (TPSA) is 38.3 Å². The van der Waals surface area contributed by atoms with E-state index in [0.29, 0.717) is 24.8 Å². The number of halogens is 2. The van der Waals surface area contributed by atoms with Crippen LogP contribution in [0.3, 0.4) is 0 Å². The highest BCUT2D eigenvalue weighted by Crippen LogP contribution is 2.19.